The summed E-state index contributed by atoms with van der Waals surface area (Å²) in [7, 11) is 0. The summed E-state index contributed by atoms with van der Waals surface area (Å²) in [5.41, 5.74) is -0.150. The van der Waals surface area contributed by atoms with Crippen molar-refractivity contribution in [3.63, 3.8) is 0 Å². The molecule has 2 aromatic rings. The molecule has 2 aromatic heterocycles. The number of carbonyl (C=O) groups is 1. The Morgan fingerprint density at radius 2 is 2.38 bits per heavy atom. The van der Waals surface area contributed by atoms with E-state index in [-0.39, 0.29) is 10.7 Å². The second-order valence-corrected chi connectivity index (χ2v) is 4.48. The van der Waals surface area contributed by atoms with E-state index in [1.165, 1.54) is 6.20 Å². The summed E-state index contributed by atoms with van der Waals surface area (Å²) in [4.78, 5) is 19.8. The van der Waals surface area contributed by atoms with Crippen LogP contribution in [-0.4, -0.2) is 21.0 Å². The molecular weight excluding hydrogens is 248 g/mol. The highest BCUT2D eigenvalue weighted by Crippen LogP contribution is 2.16. The fourth-order valence-electron chi connectivity index (χ4n) is 1.21. The molecule has 0 unspecified atom stereocenters. The molecule has 0 aliphatic carbocycles. The molecule has 0 saturated heterocycles. The molecule has 4 nitrogen and oxygen atoms in total. The lowest BCUT2D eigenvalue weighted by Crippen LogP contribution is -2.06. The Morgan fingerprint density at radius 1 is 1.56 bits per heavy atom. The predicted octanol–water partition coefficient (Wildman–Crippen LogP) is 2.48. The molecule has 16 heavy (non-hydrogen) atoms. The molecule has 0 spiro atoms. The molecule has 82 valence electrons. The van der Waals surface area contributed by atoms with Crippen molar-refractivity contribution in [1.82, 2.24) is 9.97 Å². The number of aromatic carboxylic acids is 1. The monoisotopic (exact) mass is 254 g/mol. The van der Waals surface area contributed by atoms with Gasteiger partial charge in [0.15, 0.2) is 5.69 Å². The van der Waals surface area contributed by atoms with E-state index < -0.39 is 5.97 Å². The highest BCUT2D eigenvalue weighted by atomic mass is 35.5. The molecule has 0 saturated carbocycles. The molecule has 0 aromatic carbocycles. The van der Waals surface area contributed by atoms with Crippen molar-refractivity contribution in [3.05, 3.63) is 45.1 Å². The summed E-state index contributed by atoms with van der Waals surface area (Å²) in [5, 5.41) is 10.8. The van der Waals surface area contributed by atoms with Crippen LogP contribution in [0.2, 0.25) is 5.02 Å². The van der Waals surface area contributed by atoms with Gasteiger partial charge < -0.3 is 5.11 Å². The Morgan fingerprint density at radius 3 is 3.00 bits per heavy atom. The number of carboxylic acid groups (broad SMARTS) is 1. The normalized spacial score (nSPS) is 10.3. The molecule has 0 bridgehead atoms. The van der Waals surface area contributed by atoms with Crippen LogP contribution in [-0.2, 0) is 6.42 Å². The van der Waals surface area contributed by atoms with Gasteiger partial charge in [0.25, 0.3) is 0 Å². The molecule has 2 heterocycles. The van der Waals surface area contributed by atoms with Crippen molar-refractivity contribution in [1.29, 1.82) is 0 Å². The van der Waals surface area contributed by atoms with Gasteiger partial charge in [-0.05, 0) is 11.4 Å². The zero-order valence-corrected chi connectivity index (χ0v) is 9.63. The van der Waals surface area contributed by atoms with Crippen molar-refractivity contribution >= 4 is 28.9 Å². The Balaban J connectivity index is 2.29. The third-order valence-corrected chi connectivity index (χ3v) is 3.06. The molecule has 0 fully saturated rings. The van der Waals surface area contributed by atoms with Crippen LogP contribution in [0.5, 0.6) is 0 Å². The summed E-state index contributed by atoms with van der Waals surface area (Å²) >= 11 is 7.25. The van der Waals surface area contributed by atoms with Crippen LogP contribution in [0, 0.1) is 0 Å². The molecule has 2 rings (SSSR count). The fourth-order valence-corrected chi connectivity index (χ4v) is 2.08. The number of carboxylic acids is 1. The van der Waals surface area contributed by atoms with E-state index in [0.717, 1.165) is 4.88 Å². The Bertz CT molecular complexity index is 514. The van der Waals surface area contributed by atoms with Gasteiger partial charge in [0, 0.05) is 11.3 Å². The van der Waals surface area contributed by atoms with Crippen molar-refractivity contribution in [2.24, 2.45) is 0 Å². The first-order valence-corrected chi connectivity index (χ1v) is 5.69. The van der Waals surface area contributed by atoms with Crippen molar-refractivity contribution < 1.29 is 9.90 Å². The van der Waals surface area contributed by atoms with E-state index in [0.29, 0.717) is 12.2 Å². The van der Waals surface area contributed by atoms with Gasteiger partial charge in [-0.25, -0.2) is 14.8 Å². The van der Waals surface area contributed by atoms with E-state index in [4.69, 9.17) is 16.7 Å². The molecule has 6 heteroatoms. The van der Waals surface area contributed by atoms with Crippen LogP contribution in [0.1, 0.15) is 21.2 Å². The van der Waals surface area contributed by atoms with E-state index in [1.807, 2.05) is 17.5 Å². The highest BCUT2D eigenvalue weighted by Gasteiger charge is 2.12. The first kappa shape index (κ1) is 11.0. The molecule has 0 radical (unpaired) electrons. The first-order chi connectivity index (χ1) is 7.66. The summed E-state index contributed by atoms with van der Waals surface area (Å²) in [6.45, 7) is 0. The molecule has 1 N–H and O–H groups in total. The summed E-state index contributed by atoms with van der Waals surface area (Å²) in [5.74, 6) is -0.677. The fraction of sp³-hybridized carbons (Fsp3) is 0.100. The number of hydrogen-bond acceptors (Lipinski definition) is 4. The van der Waals surface area contributed by atoms with Crippen LogP contribution < -0.4 is 0 Å². The van der Waals surface area contributed by atoms with Gasteiger partial charge in [0.2, 0.25) is 0 Å². The summed E-state index contributed by atoms with van der Waals surface area (Å²) < 4.78 is 0. The van der Waals surface area contributed by atoms with Crippen LogP contribution in [0.15, 0.2) is 23.7 Å². The zero-order chi connectivity index (χ0) is 11.5. The molecule has 0 aliphatic heterocycles. The maximum Gasteiger partial charge on any atom is 0.356 e. The smallest absolute Gasteiger partial charge is 0.356 e. The van der Waals surface area contributed by atoms with Crippen LogP contribution in [0.25, 0.3) is 0 Å². The lowest BCUT2D eigenvalue weighted by molar-refractivity contribution is 0.0690. The Labute approximate surface area is 101 Å². The predicted molar refractivity (Wildman–Crippen MR) is 61.1 cm³/mol. The number of hydrogen-bond donors (Lipinski definition) is 1. The SMILES string of the molecule is O=C(O)c1nc(Cc2cccs2)ncc1Cl. The topological polar surface area (TPSA) is 63.1 Å². The van der Waals surface area contributed by atoms with Crippen LogP contribution in [0.4, 0.5) is 0 Å². The minimum absolute atomic E-state index is 0.0578. The average molecular weight is 255 g/mol. The number of aromatic nitrogens is 2. The number of rotatable bonds is 3. The summed E-state index contributed by atoms with van der Waals surface area (Å²) in [6, 6.07) is 3.87. The van der Waals surface area contributed by atoms with Crippen LogP contribution >= 0.6 is 22.9 Å². The van der Waals surface area contributed by atoms with Gasteiger partial charge in [-0.1, -0.05) is 17.7 Å². The second kappa shape index (κ2) is 4.59. The molecule has 0 atom stereocenters. The number of nitrogens with zero attached hydrogens (tertiary/aromatic N) is 2. The van der Waals surface area contributed by atoms with Gasteiger partial charge in [-0.15, -0.1) is 11.3 Å². The third kappa shape index (κ3) is 2.37. The van der Waals surface area contributed by atoms with Gasteiger partial charge in [-0.2, -0.15) is 0 Å². The van der Waals surface area contributed by atoms with Crippen molar-refractivity contribution in [3.8, 4) is 0 Å². The van der Waals surface area contributed by atoms with Gasteiger partial charge in [0.1, 0.15) is 5.82 Å². The zero-order valence-electron chi connectivity index (χ0n) is 8.05. The van der Waals surface area contributed by atoms with E-state index >= 15 is 0 Å². The maximum absolute atomic E-state index is 10.8. The Kier molecular flexibility index (Phi) is 3.17. The minimum Gasteiger partial charge on any atom is -0.476 e. The first-order valence-electron chi connectivity index (χ1n) is 4.44. The summed E-state index contributed by atoms with van der Waals surface area (Å²) in [6.07, 6.45) is 1.84. The molecular formula is C10H7ClN2O2S. The number of halogens is 1. The average Bonchev–Trinajstić information content (AvgIpc) is 2.73. The molecule has 0 aliphatic rings. The van der Waals surface area contributed by atoms with Crippen molar-refractivity contribution in [2.45, 2.75) is 6.42 Å². The van der Waals surface area contributed by atoms with Gasteiger partial charge in [-0.3, -0.25) is 0 Å². The third-order valence-electron chi connectivity index (χ3n) is 1.91. The quantitative estimate of drug-likeness (QED) is 0.914. The second-order valence-electron chi connectivity index (χ2n) is 3.04. The van der Waals surface area contributed by atoms with Crippen LogP contribution in [0.3, 0.4) is 0 Å². The standard InChI is InChI=1S/C10H7ClN2O2S/c11-7-5-12-8(13-9(7)10(14)15)4-6-2-1-3-16-6/h1-3,5H,4H2,(H,14,15). The van der Waals surface area contributed by atoms with Crippen molar-refractivity contribution in [2.75, 3.05) is 0 Å². The highest BCUT2D eigenvalue weighted by molar-refractivity contribution is 7.09. The lowest BCUT2D eigenvalue weighted by atomic mass is 10.3. The maximum atomic E-state index is 10.8. The molecule has 0 amide bonds. The van der Waals surface area contributed by atoms with E-state index in [9.17, 15) is 4.79 Å². The Hall–Kier alpha value is -1.46. The largest absolute Gasteiger partial charge is 0.476 e. The van der Waals surface area contributed by atoms with E-state index in [2.05, 4.69) is 9.97 Å². The number of thiophene rings is 1. The minimum atomic E-state index is -1.14. The lowest BCUT2D eigenvalue weighted by Gasteiger charge is -2.01. The van der Waals surface area contributed by atoms with Gasteiger partial charge >= 0.3 is 5.97 Å². The van der Waals surface area contributed by atoms with E-state index in [1.54, 1.807) is 11.3 Å². The van der Waals surface area contributed by atoms with Gasteiger partial charge in [0.05, 0.1) is 11.2 Å².